The molecule has 2 aromatic rings. The molecule has 1 N–H and O–H groups in total. The lowest BCUT2D eigenvalue weighted by Gasteiger charge is -2.00. The summed E-state index contributed by atoms with van der Waals surface area (Å²) < 4.78 is 14.2. The molecular weight excluding hydrogens is 273 g/mol. The van der Waals surface area contributed by atoms with Crippen molar-refractivity contribution in [3.8, 4) is 0 Å². The summed E-state index contributed by atoms with van der Waals surface area (Å²) in [5.74, 6) is -0.326. The summed E-state index contributed by atoms with van der Waals surface area (Å²) in [6, 6.07) is 2.78. The largest absolute Gasteiger partial charge is 0.349 e. The summed E-state index contributed by atoms with van der Waals surface area (Å²) in [6.07, 6.45) is 2.17. The topological polar surface area (TPSA) is 32.9 Å². The zero-order valence-electron chi connectivity index (χ0n) is 8.44. The Balaban J connectivity index is 2.47. The van der Waals surface area contributed by atoms with Crippen LogP contribution in [0.4, 0.5) is 4.39 Å². The third-order valence-corrected chi connectivity index (χ3v) is 3.72. The zero-order chi connectivity index (χ0) is 11.3. The van der Waals surface area contributed by atoms with E-state index in [1.54, 1.807) is 0 Å². The van der Waals surface area contributed by atoms with Crippen LogP contribution < -0.4 is 0 Å². The third-order valence-electron chi connectivity index (χ3n) is 3.05. The van der Waals surface area contributed by atoms with Gasteiger partial charge in [-0.1, -0.05) is 0 Å². The minimum atomic E-state index is -0.363. The van der Waals surface area contributed by atoms with E-state index < -0.39 is 0 Å². The standard InChI is InChI=1S/C12H9BrFNO/c13-12-7-2-1-3-10(16)8-4-6(14)5-9(15-12)11(7)8/h4-5,15H,1-3H2. The van der Waals surface area contributed by atoms with Crippen LogP contribution in [0.25, 0.3) is 10.9 Å². The fourth-order valence-corrected chi connectivity index (χ4v) is 2.96. The number of aromatic nitrogens is 1. The molecule has 2 nitrogen and oxygen atoms in total. The molecule has 0 amide bonds. The highest BCUT2D eigenvalue weighted by atomic mass is 79.9. The minimum Gasteiger partial charge on any atom is -0.349 e. The van der Waals surface area contributed by atoms with Crippen molar-refractivity contribution in [2.45, 2.75) is 19.3 Å². The predicted octanol–water partition coefficient (Wildman–Crippen LogP) is 3.59. The number of hydrogen-bond acceptors (Lipinski definition) is 1. The first-order valence-electron chi connectivity index (χ1n) is 5.19. The second kappa shape index (κ2) is 3.42. The van der Waals surface area contributed by atoms with Crippen LogP contribution in [0.2, 0.25) is 0 Å². The molecule has 0 unspecified atom stereocenters. The highest BCUT2D eigenvalue weighted by Gasteiger charge is 2.21. The van der Waals surface area contributed by atoms with Crippen molar-refractivity contribution in [3.63, 3.8) is 0 Å². The van der Waals surface area contributed by atoms with Crippen molar-refractivity contribution in [3.05, 3.63) is 33.7 Å². The van der Waals surface area contributed by atoms with Gasteiger partial charge < -0.3 is 4.98 Å². The molecule has 0 saturated heterocycles. The molecule has 0 radical (unpaired) electrons. The molecule has 1 aromatic carbocycles. The number of nitrogens with one attached hydrogen (secondary N) is 1. The first kappa shape index (κ1) is 10.0. The summed E-state index contributed by atoms with van der Waals surface area (Å²) >= 11 is 3.43. The van der Waals surface area contributed by atoms with Gasteiger partial charge in [-0.2, -0.15) is 0 Å². The van der Waals surface area contributed by atoms with Crippen molar-refractivity contribution >= 4 is 32.6 Å². The number of aromatic amines is 1. The Hall–Kier alpha value is -1.16. The number of Topliss-reactive ketones (excluding diaryl/α,β-unsaturated/α-hetero) is 1. The molecule has 0 bridgehead atoms. The van der Waals surface area contributed by atoms with Gasteiger partial charge in [0.05, 0.1) is 10.1 Å². The normalized spacial score (nSPS) is 15.5. The number of hydrogen-bond donors (Lipinski definition) is 1. The molecule has 0 saturated carbocycles. The van der Waals surface area contributed by atoms with Gasteiger partial charge in [0.1, 0.15) is 5.82 Å². The van der Waals surface area contributed by atoms with E-state index >= 15 is 0 Å². The first-order valence-corrected chi connectivity index (χ1v) is 5.99. The molecule has 3 rings (SSSR count). The van der Waals surface area contributed by atoms with E-state index in [-0.39, 0.29) is 11.6 Å². The van der Waals surface area contributed by atoms with Crippen molar-refractivity contribution in [1.29, 1.82) is 0 Å². The molecule has 1 heterocycles. The number of rotatable bonds is 0. The van der Waals surface area contributed by atoms with Crippen LogP contribution in [0.5, 0.6) is 0 Å². The molecule has 82 valence electrons. The molecular formula is C12H9BrFNO. The summed E-state index contributed by atoms with van der Waals surface area (Å²) in [4.78, 5) is 14.9. The SMILES string of the molecule is O=C1CCCc2c(Br)[nH]c3cc(F)cc1c23. The minimum absolute atomic E-state index is 0.0368. The maximum atomic E-state index is 13.4. The molecule has 1 aliphatic carbocycles. The van der Waals surface area contributed by atoms with Crippen molar-refractivity contribution in [1.82, 2.24) is 4.98 Å². The first-order chi connectivity index (χ1) is 7.66. The summed E-state index contributed by atoms with van der Waals surface area (Å²) in [7, 11) is 0. The molecule has 16 heavy (non-hydrogen) atoms. The second-order valence-corrected chi connectivity index (χ2v) is 4.86. The highest BCUT2D eigenvalue weighted by molar-refractivity contribution is 9.10. The van der Waals surface area contributed by atoms with Crippen molar-refractivity contribution < 1.29 is 9.18 Å². The quantitative estimate of drug-likeness (QED) is 0.787. The van der Waals surface area contributed by atoms with Gasteiger partial charge in [-0.3, -0.25) is 4.79 Å². The third kappa shape index (κ3) is 1.33. The van der Waals surface area contributed by atoms with Gasteiger partial charge >= 0.3 is 0 Å². The Morgan fingerprint density at radius 2 is 2.12 bits per heavy atom. The van der Waals surface area contributed by atoms with Crippen LogP contribution in [-0.2, 0) is 6.42 Å². The van der Waals surface area contributed by atoms with Crippen LogP contribution in [0.3, 0.4) is 0 Å². The molecule has 0 atom stereocenters. The van der Waals surface area contributed by atoms with E-state index in [0.29, 0.717) is 17.5 Å². The van der Waals surface area contributed by atoms with Gasteiger partial charge in [0.25, 0.3) is 0 Å². The average molecular weight is 282 g/mol. The number of benzene rings is 1. The summed E-state index contributed by atoms with van der Waals surface area (Å²) in [5, 5.41) is 0.885. The van der Waals surface area contributed by atoms with Crippen LogP contribution >= 0.6 is 15.9 Å². The lowest BCUT2D eigenvalue weighted by atomic mass is 10.0. The van der Waals surface area contributed by atoms with Gasteiger partial charge in [-0.05, 0) is 46.5 Å². The van der Waals surface area contributed by atoms with E-state index in [4.69, 9.17) is 0 Å². The van der Waals surface area contributed by atoms with Crippen LogP contribution in [0.15, 0.2) is 16.7 Å². The van der Waals surface area contributed by atoms with Crippen molar-refractivity contribution in [2.24, 2.45) is 0 Å². The average Bonchev–Trinajstić information content (AvgIpc) is 2.42. The Morgan fingerprint density at radius 3 is 2.94 bits per heavy atom. The fraction of sp³-hybridized carbons (Fsp3) is 0.250. The van der Waals surface area contributed by atoms with Gasteiger partial charge in [0, 0.05) is 17.4 Å². The molecule has 4 heteroatoms. The van der Waals surface area contributed by atoms with Gasteiger partial charge in [0.15, 0.2) is 5.78 Å². The Morgan fingerprint density at radius 1 is 1.31 bits per heavy atom. The van der Waals surface area contributed by atoms with Gasteiger partial charge in [-0.25, -0.2) is 4.39 Å². The summed E-state index contributed by atoms with van der Waals surface area (Å²) in [6.45, 7) is 0. The number of carbonyl (C=O) groups excluding carboxylic acids is 1. The molecule has 1 aliphatic rings. The molecule has 0 spiro atoms. The number of carbonyl (C=O) groups is 1. The van der Waals surface area contributed by atoms with E-state index in [9.17, 15) is 9.18 Å². The maximum Gasteiger partial charge on any atom is 0.163 e. The van der Waals surface area contributed by atoms with E-state index in [1.165, 1.54) is 12.1 Å². The molecule has 1 aromatic heterocycles. The molecule has 0 fully saturated rings. The predicted molar refractivity (Wildman–Crippen MR) is 63.2 cm³/mol. The van der Waals surface area contributed by atoms with Crippen LogP contribution in [-0.4, -0.2) is 10.8 Å². The van der Waals surface area contributed by atoms with Gasteiger partial charge in [0.2, 0.25) is 0 Å². The number of ketones is 1. The lowest BCUT2D eigenvalue weighted by Crippen LogP contribution is -1.98. The second-order valence-electron chi connectivity index (χ2n) is 4.07. The number of aryl methyl sites for hydroxylation is 1. The molecule has 0 aliphatic heterocycles. The Bertz CT molecular complexity index is 603. The monoisotopic (exact) mass is 281 g/mol. The van der Waals surface area contributed by atoms with Crippen LogP contribution in [0.1, 0.15) is 28.8 Å². The Kier molecular flexibility index (Phi) is 2.14. The van der Waals surface area contributed by atoms with Gasteiger partial charge in [-0.15, -0.1) is 0 Å². The number of halogens is 2. The number of H-pyrrole nitrogens is 1. The van der Waals surface area contributed by atoms with Crippen molar-refractivity contribution in [2.75, 3.05) is 0 Å². The summed E-state index contributed by atoms with van der Waals surface area (Å²) in [5.41, 5.74) is 2.31. The lowest BCUT2D eigenvalue weighted by molar-refractivity contribution is 0.0982. The van der Waals surface area contributed by atoms with E-state index in [1.807, 2.05) is 0 Å². The Labute approximate surface area is 100.0 Å². The van der Waals surface area contributed by atoms with E-state index in [2.05, 4.69) is 20.9 Å². The maximum absolute atomic E-state index is 13.4. The smallest absolute Gasteiger partial charge is 0.163 e. The zero-order valence-corrected chi connectivity index (χ0v) is 10.0. The fourth-order valence-electron chi connectivity index (χ4n) is 2.35. The van der Waals surface area contributed by atoms with Crippen LogP contribution in [0, 0.1) is 5.82 Å². The van der Waals surface area contributed by atoms with E-state index in [0.717, 1.165) is 28.4 Å². The highest BCUT2D eigenvalue weighted by Crippen LogP contribution is 2.34.